The third-order valence-corrected chi connectivity index (χ3v) is 7.39. The van der Waals surface area contributed by atoms with Crippen LogP contribution in [-0.2, 0) is 9.53 Å². The molecule has 2 atom stereocenters. The van der Waals surface area contributed by atoms with Gasteiger partial charge in [-0.2, -0.15) is 0 Å². The highest BCUT2D eigenvalue weighted by molar-refractivity contribution is 6.32. The molecule has 180 valence electrons. The minimum Gasteiger partial charge on any atom is -0.490 e. The van der Waals surface area contributed by atoms with Crippen LogP contribution in [0.25, 0.3) is 0 Å². The Kier molecular flexibility index (Phi) is 8.84. The van der Waals surface area contributed by atoms with Crippen molar-refractivity contribution in [2.24, 2.45) is 5.92 Å². The van der Waals surface area contributed by atoms with Crippen LogP contribution in [0.4, 0.5) is 0 Å². The van der Waals surface area contributed by atoms with Gasteiger partial charge in [-0.05, 0) is 55.9 Å². The molecule has 2 heterocycles. The highest BCUT2D eigenvalue weighted by atomic mass is 35.5. The van der Waals surface area contributed by atoms with Crippen LogP contribution in [0.3, 0.4) is 0 Å². The molecule has 0 radical (unpaired) electrons. The van der Waals surface area contributed by atoms with Crippen LogP contribution >= 0.6 is 11.6 Å². The van der Waals surface area contributed by atoms with Crippen LogP contribution in [0.5, 0.6) is 5.75 Å². The Morgan fingerprint density at radius 2 is 1.94 bits per heavy atom. The maximum Gasteiger partial charge on any atom is 0.225 e. The number of halogens is 1. The van der Waals surface area contributed by atoms with Crippen LogP contribution < -0.4 is 4.74 Å². The van der Waals surface area contributed by atoms with Gasteiger partial charge in [0.25, 0.3) is 0 Å². The number of ether oxygens (including phenoxy) is 2. The van der Waals surface area contributed by atoms with Crippen LogP contribution in [0.15, 0.2) is 12.1 Å². The van der Waals surface area contributed by atoms with Gasteiger partial charge in [-0.15, -0.1) is 0 Å². The number of morpholine rings is 1. The second-order valence-electron chi connectivity index (χ2n) is 9.73. The second-order valence-corrected chi connectivity index (χ2v) is 10.1. The van der Waals surface area contributed by atoms with Gasteiger partial charge in [-0.3, -0.25) is 9.69 Å². The van der Waals surface area contributed by atoms with E-state index in [1.165, 1.54) is 0 Å². The van der Waals surface area contributed by atoms with Gasteiger partial charge in [0, 0.05) is 37.7 Å². The van der Waals surface area contributed by atoms with Gasteiger partial charge in [0.2, 0.25) is 5.91 Å². The molecule has 7 heteroatoms. The molecule has 1 amide bonds. The van der Waals surface area contributed by atoms with Crippen LogP contribution in [0.2, 0.25) is 5.02 Å². The summed E-state index contributed by atoms with van der Waals surface area (Å²) in [6, 6.07) is 3.88. The highest BCUT2D eigenvalue weighted by Crippen LogP contribution is 2.30. The van der Waals surface area contributed by atoms with Gasteiger partial charge in [0.15, 0.2) is 0 Å². The number of carbonyl (C=O) groups excluding carboxylic acids is 1. The van der Waals surface area contributed by atoms with Gasteiger partial charge in [-0.25, -0.2) is 0 Å². The van der Waals surface area contributed by atoms with E-state index in [0.29, 0.717) is 51.6 Å². The second kappa shape index (κ2) is 11.2. The Balaban J connectivity index is 1.75. The summed E-state index contributed by atoms with van der Waals surface area (Å²) in [7, 11) is 0. The third kappa shape index (κ3) is 6.60. The lowest BCUT2D eigenvalue weighted by Gasteiger charge is -2.44. The molecule has 1 aromatic rings. The van der Waals surface area contributed by atoms with Crippen LogP contribution in [0.1, 0.15) is 50.7 Å². The Labute approximate surface area is 197 Å². The minimum absolute atomic E-state index is 0.0781. The van der Waals surface area contributed by atoms with E-state index < -0.39 is 5.60 Å². The summed E-state index contributed by atoms with van der Waals surface area (Å²) < 4.78 is 12.5. The molecule has 3 rings (SSSR count). The molecule has 2 fully saturated rings. The molecule has 1 N–H and O–H groups in total. The Bertz CT molecular complexity index is 758. The zero-order chi connectivity index (χ0) is 23.3. The van der Waals surface area contributed by atoms with Crippen LogP contribution in [-0.4, -0.2) is 78.5 Å². The lowest BCUT2D eigenvalue weighted by atomic mass is 9.95. The van der Waals surface area contributed by atoms with E-state index in [0.717, 1.165) is 41.4 Å². The molecule has 0 spiro atoms. The first-order valence-corrected chi connectivity index (χ1v) is 12.3. The van der Waals surface area contributed by atoms with Gasteiger partial charge in [-0.1, -0.05) is 31.9 Å². The number of likely N-dealkylation sites (tertiary alicyclic amines) is 1. The summed E-state index contributed by atoms with van der Waals surface area (Å²) in [6.45, 7) is 13.0. The molecule has 0 saturated carbocycles. The molecule has 0 aromatic heterocycles. The predicted octanol–water partition coefficient (Wildman–Crippen LogP) is 3.83. The van der Waals surface area contributed by atoms with Crippen molar-refractivity contribution in [3.63, 3.8) is 0 Å². The predicted molar refractivity (Wildman–Crippen MR) is 127 cm³/mol. The molecule has 2 saturated heterocycles. The summed E-state index contributed by atoms with van der Waals surface area (Å²) in [6.07, 6.45) is 2.38. The summed E-state index contributed by atoms with van der Waals surface area (Å²) >= 11 is 6.32. The molecule has 0 unspecified atom stereocenters. The van der Waals surface area contributed by atoms with Crippen molar-refractivity contribution in [2.75, 3.05) is 45.9 Å². The molecule has 0 aliphatic carbocycles. The summed E-state index contributed by atoms with van der Waals surface area (Å²) in [4.78, 5) is 17.5. The standard InChI is InChI=1S/C25H39ClN2O4/c1-5-18(2)15-27-10-11-32-25(16-27,14-23(30)28-8-6-21(29)7-9-28)17-31-22-12-19(3)24(26)20(4)13-22/h12-13,18,21,29H,5-11,14-17H2,1-4H3/t18-,25+/m1/s1. The number of aryl methyl sites for hydroxylation is 2. The number of amides is 1. The van der Waals surface area contributed by atoms with Crippen molar-refractivity contribution in [3.8, 4) is 5.75 Å². The van der Waals surface area contributed by atoms with Crippen LogP contribution in [0, 0.1) is 19.8 Å². The SMILES string of the molecule is CC[C@@H](C)CN1CCO[C@@](COc2cc(C)c(Cl)c(C)c2)(CC(=O)N2CCC(O)CC2)C1. The van der Waals surface area contributed by atoms with Crippen molar-refractivity contribution in [2.45, 2.75) is 65.1 Å². The number of aliphatic hydroxyl groups excluding tert-OH is 1. The van der Waals surface area contributed by atoms with Crippen molar-refractivity contribution in [1.82, 2.24) is 9.80 Å². The molecule has 1 aromatic carbocycles. The zero-order valence-corrected chi connectivity index (χ0v) is 20.8. The van der Waals surface area contributed by atoms with Gasteiger partial charge < -0.3 is 19.5 Å². The number of benzene rings is 1. The highest BCUT2D eigenvalue weighted by Gasteiger charge is 2.41. The lowest BCUT2D eigenvalue weighted by Crippen LogP contribution is -2.58. The maximum atomic E-state index is 13.2. The number of hydrogen-bond acceptors (Lipinski definition) is 5. The molecule has 32 heavy (non-hydrogen) atoms. The first kappa shape index (κ1) is 25.3. The van der Waals surface area contributed by atoms with E-state index in [1.54, 1.807) is 0 Å². The lowest BCUT2D eigenvalue weighted by molar-refractivity contribution is -0.158. The Morgan fingerprint density at radius 3 is 2.56 bits per heavy atom. The molecular formula is C25H39ClN2O4. The van der Waals surface area contributed by atoms with E-state index in [9.17, 15) is 9.90 Å². The van der Waals surface area contributed by atoms with E-state index >= 15 is 0 Å². The van der Waals surface area contributed by atoms with E-state index in [4.69, 9.17) is 21.1 Å². The molecule has 2 aliphatic heterocycles. The first-order chi connectivity index (χ1) is 15.2. The topological polar surface area (TPSA) is 62.2 Å². The zero-order valence-electron chi connectivity index (χ0n) is 20.0. The fourth-order valence-corrected chi connectivity index (χ4v) is 4.71. The average molecular weight is 467 g/mol. The normalized spacial score (nSPS) is 23.9. The van der Waals surface area contributed by atoms with Crippen molar-refractivity contribution < 1.29 is 19.4 Å². The monoisotopic (exact) mass is 466 g/mol. The van der Waals surface area contributed by atoms with Gasteiger partial charge in [0.1, 0.15) is 18.0 Å². The number of piperidine rings is 1. The summed E-state index contributed by atoms with van der Waals surface area (Å²) in [5, 5.41) is 10.6. The molecular weight excluding hydrogens is 428 g/mol. The summed E-state index contributed by atoms with van der Waals surface area (Å²) in [5.41, 5.74) is 1.25. The quantitative estimate of drug-likeness (QED) is 0.631. The minimum atomic E-state index is -0.694. The van der Waals surface area contributed by atoms with Crippen molar-refractivity contribution >= 4 is 17.5 Å². The molecule has 0 bridgehead atoms. The molecule has 6 nitrogen and oxygen atoms in total. The summed E-state index contributed by atoms with van der Waals surface area (Å²) in [5.74, 6) is 1.42. The smallest absolute Gasteiger partial charge is 0.225 e. The fraction of sp³-hybridized carbons (Fsp3) is 0.720. The van der Waals surface area contributed by atoms with Gasteiger partial charge >= 0.3 is 0 Å². The fourth-order valence-electron chi connectivity index (χ4n) is 4.60. The number of aliphatic hydroxyl groups is 1. The Hall–Kier alpha value is -1.34. The number of hydrogen-bond donors (Lipinski definition) is 1. The maximum absolute atomic E-state index is 13.2. The van der Waals surface area contributed by atoms with E-state index in [2.05, 4.69) is 18.7 Å². The number of rotatable bonds is 8. The average Bonchev–Trinajstić information content (AvgIpc) is 2.76. The first-order valence-electron chi connectivity index (χ1n) is 11.9. The molecule has 2 aliphatic rings. The largest absolute Gasteiger partial charge is 0.490 e. The van der Waals surface area contributed by atoms with E-state index in [-0.39, 0.29) is 18.4 Å². The number of nitrogens with zero attached hydrogens (tertiary/aromatic N) is 2. The number of carbonyl (C=O) groups is 1. The van der Waals surface area contributed by atoms with E-state index in [1.807, 2.05) is 30.9 Å². The third-order valence-electron chi connectivity index (χ3n) is 6.80. The van der Waals surface area contributed by atoms with Gasteiger partial charge in [0.05, 0.1) is 19.1 Å². The Morgan fingerprint density at radius 1 is 1.28 bits per heavy atom. The van der Waals surface area contributed by atoms with Crippen molar-refractivity contribution in [3.05, 3.63) is 28.3 Å². The van der Waals surface area contributed by atoms with Crippen molar-refractivity contribution in [1.29, 1.82) is 0 Å².